The molecule has 2 aromatic carbocycles. The zero-order valence-corrected chi connectivity index (χ0v) is 17.6. The fraction of sp³-hybridized carbons (Fsp3) is 0.409. The van der Waals surface area contributed by atoms with Crippen LogP contribution in [0.3, 0.4) is 0 Å². The Balaban J connectivity index is 1.40. The summed E-state index contributed by atoms with van der Waals surface area (Å²) in [7, 11) is -3.44. The maximum atomic E-state index is 12.8. The molecule has 0 aromatic heterocycles. The second-order valence-corrected chi connectivity index (χ2v) is 10.9. The number of hydrogen-bond acceptors (Lipinski definition) is 5. The highest BCUT2D eigenvalue weighted by Crippen LogP contribution is 2.45. The molecule has 1 amide bonds. The van der Waals surface area contributed by atoms with E-state index < -0.39 is 15.4 Å². The van der Waals surface area contributed by atoms with Crippen LogP contribution < -0.4 is 4.90 Å². The van der Waals surface area contributed by atoms with Gasteiger partial charge in [0, 0.05) is 42.4 Å². The number of rotatable bonds is 1. The van der Waals surface area contributed by atoms with Crippen molar-refractivity contribution in [3.05, 3.63) is 42.5 Å². The van der Waals surface area contributed by atoms with Crippen molar-refractivity contribution in [2.45, 2.75) is 42.2 Å². The van der Waals surface area contributed by atoms with Crippen LogP contribution in [0.5, 0.6) is 0 Å². The third-order valence-electron chi connectivity index (χ3n) is 5.95. The van der Waals surface area contributed by atoms with E-state index >= 15 is 0 Å². The molecule has 0 spiro atoms. The van der Waals surface area contributed by atoms with E-state index in [1.807, 2.05) is 49.9 Å². The number of nitrogens with zero attached hydrogens (tertiary/aromatic N) is 2. The zero-order chi connectivity index (χ0) is 20.6. The summed E-state index contributed by atoms with van der Waals surface area (Å²) in [6.45, 7) is 7.92. The molecule has 3 heterocycles. The number of amides is 1. The third-order valence-corrected chi connectivity index (χ3v) is 7.82. The molecule has 0 aliphatic carbocycles. The van der Waals surface area contributed by atoms with Crippen LogP contribution in [-0.4, -0.2) is 50.7 Å². The topological polar surface area (TPSA) is 66.9 Å². The Hall–Kier alpha value is -2.54. The summed E-state index contributed by atoms with van der Waals surface area (Å²) in [5, 5.41) is 0. The maximum Gasteiger partial charge on any atom is 0.410 e. The first-order valence-corrected chi connectivity index (χ1v) is 11.4. The molecule has 152 valence electrons. The lowest BCUT2D eigenvalue weighted by atomic mass is 9.93. The van der Waals surface area contributed by atoms with Gasteiger partial charge in [0.05, 0.1) is 15.8 Å². The monoisotopic (exact) mass is 412 g/mol. The van der Waals surface area contributed by atoms with E-state index in [-0.39, 0.29) is 12.1 Å². The molecule has 2 atom stereocenters. The lowest BCUT2D eigenvalue weighted by Gasteiger charge is -2.43. The molecule has 7 heteroatoms. The predicted molar refractivity (Wildman–Crippen MR) is 110 cm³/mol. The van der Waals surface area contributed by atoms with Crippen LogP contribution in [0.25, 0.3) is 11.1 Å². The predicted octanol–water partition coefficient (Wildman–Crippen LogP) is 3.56. The van der Waals surface area contributed by atoms with Gasteiger partial charge in [-0.2, -0.15) is 0 Å². The Morgan fingerprint density at radius 1 is 1.00 bits per heavy atom. The van der Waals surface area contributed by atoms with Gasteiger partial charge in [-0.05, 0) is 45.0 Å². The summed E-state index contributed by atoms with van der Waals surface area (Å²) >= 11 is 0. The van der Waals surface area contributed by atoms with E-state index in [9.17, 15) is 13.2 Å². The number of fused-ring (bicyclic) bond motifs is 4. The number of hydrogen-bond donors (Lipinski definition) is 0. The van der Waals surface area contributed by atoms with Gasteiger partial charge >= 0.3 is 6.09 Å². The minimum atomic E-state index is -3.44. The summed E-state index contributed by atoms with van der Waals surface area (Å²) in [4.78, 5) is 17.2. The van der Waals surface area contributed by atoms with Crippen molar-refractivity contribution in [3.63, 3.8) is 0 Å². The second kappa shape index (κ2) is 5.98. The summed E-state index contributed by atoms with van der Waals surface area (Å²) in [6.07, 6.45) is -0.255. The summed E-state index contributed by atoms with van der Waals surface area (Å²) in [5.41, 5.74) is 2.02. The van der Waals surface area contributed by atoms with Crippen molar-refractivity contribution in [1.29, 1.82) is 0 Å². The largest absolute Gasteiger partial charge is 0.444 e. The molecule has 0 N–H and O–H groups in total. The maximum absolute atomic E-state index is 12.8. The van der Waals surface area contributed by atoms with E-state index in [0.717, 1.165) is 29.9 Å². The van der Waals surface area contributed by atoms with E-state index in [1.54, 1.807) is 18.2 Å². The molecule has 29 heavy (non-hydrogen) atoms. The Morgan fingerprint density at radius 3 is 2.48 bits per heavy atom. The number of anilines is 1. The smallest absolute Gasteiger partial charge is 0.410 e. The summed E-state index contributed by atoms with van der Waals surface area (Å²) in [6, 6.07) is 12.9. The molecular formula is C22H24N2O4S. The molecule has 2 fully saturated rings. The Morgan fingerprint density at radius 2 is 1.72 bits per heavy atom. The molecule has 0 bridgehead atoms. The van der Waals surface area contributed by atoms with Gasteiger partial charge in [0.1, 0.15) is 5.60 Å². The number of carbonyl (C=O) groups excluding carboxylic acids is 1. The normalized spacial score (nSPS) is 23.8. The number of ether oxygens (including phenoxy) is 1. The van der Waals surface area contributed by atoms with Gasteiger partial charge in [-0.15, -0.1) is 0 Å². The second-order valence-electron chi connectivity index (χ2n) is 9.05. The van der Waals surface area contributed by atoms with Gasteiger partial charge in [0.15, 0.2) is 0 Å². The third kappa shape index (κ3) is 2.82. The van der Waals surface area contributed by atoms with Crippen molar-refractivity contribution < 1.29 is 17.9 Å². The highest BCUT2D eigenvalue weighted by atomic mass is 32.2. The van der Waals surface area contributed by atoms with Crippen LogP contribution in [0.15, 0.2) is 52.3 Å². The standard InChI is InChI=1S/C22H24N2O4S/c1-22(2,3)28-21(25)24-12-14-11-23(13-18(14)24)15-8-9-20-17(10-15)16-6-4-5-7-19(16)29(20,26)27/h4-10,14,18H,11-13H2,1-3H3/t14-,18-/m1/s1. The van der Waals surface area contributed by atoms with E-state index in [4.69, 9.17) is 4.74 Å². The molecule has 6 nitrogen and oxygen atoms in total. The molecule has 2 saturated heterocycles. The Kier molecular flexibility index (Phi) is 3.81. The molecule has 5 rings (SSSR count). The van der Waals surface area contributed by atoms with Gasteiger partial charge < -0.3 is 14.5 Å². The van der Waals surface area contributed by atoms with E-state index in [0.29, 0.717) is 22.3 Å². The van der Waals surface area contributed by atoms with Crippen LogP contribution in [0.1, 0.15) is 20.8 Å². The number of sulfone groups is 1. The first-order valence-electron chi connectivity index (χ1n) is 9.88. The lowest BCUT2D eigenvalue weighted by molar-refractivity contribution is -0.0163. The quantitative estimate of drug-likeness (QED) is 0.611. The van der Waals surface area contributed by atoms with Crippen molar-refractivity contribution >= 4 is 21.6 Å². The summed E-state index contributed by atoms with van der Waals surface area (Å²) < 4.78 is 31.1. The minimum absolute atomic E-state index is 0.147. The van der Waals surface area contributed by atoms with Crippen molar-refractivity contribution in [1.82, 2.24) is 4.90 Å². The minimum Gasteiger partial charge on any atom is -0.444 e. The van der Waals surface area contributed by atoms with Crippen LogP contribution in [0, 0.1) is 5.92 Å². The molecule has 0 unspecified atom stereocenters. The molecule has 3 aliphatic rings. The van der Waals surface area contributed by atoms with Crippen LogP contribution in [0.4, 0.5) is 10.5 Å². The molecule has 3 aliphatic heterocycles. The number of likely N-dealkylation sites (tertiary alicyclic amines) is 1. The van der Waals surface area contributed by atoms with Crippen LogP contribution in [-0.2, 0) is 14.6 Å². The van der Waals surface area contributed by atoms with Gasteiger partial charge in [0.25, 0.3) is 0 Å². The number of benzene rings is 2. The average Bonchev–Trinajstić information content (AvgIpc) is 3.07. The first-order chi connectivity index (χ1) is 13.6. The summed E-state index contributed by atoms with van der Waals surface area (Å²) in [5.74, 6) is 0.423. The van der Waals surface area contributed by atoms with E-state index in [2.05, 4.69) is 4.90 Å². The molecule has 0 saturated carbocycles. The fourth-order valence-electron chi connectivity index (χ4n) is 4.58. The molecule has 2 aromatic rings. The van der Waals surface area contributed by atoms with Gasteiger partial charge in [-0.1, -0.05) is 18.2 Å². The zero-order valence-electron chi connectivity index (χ0n) is 16.8. The molecule has 0 radical (unpaired) electrons. The van der Waals surface area contributed by atoms with Gasteiger partial charge in [0.2, 0.25) is 9.84 Å². The first kappa shape index (κ1) is 18.5. The van der Waals surface area contributed by atoms with Crippen molar-refractivity contribution in [3.8, 4) is 11.1 Å². The lowest BCUT2D eigenvalue weighted by Crippen LogP contribution is -2.59. The van der Waals surface area contributed by atoms with Gasteiger partial charge in [-0.25, -0.2) is 13.2 Å². The highest BCUT2D eigenvalue weighted by Gasteiger charge is 2.49. The van der Waals surface area contributed by atoms with E-state index in [1.165, 1.54) is 0 Å². The average molecular weight is 413 g/mol. The van der Waals surface area contributed by atoms with Crippen LogP contribution >= 0.6 is 0 Å². The Labute approximate surface area is 171 Å². The van der Waals surface area contributed by atoms with Crippen LogP contribution in [0.2, 0.25) is 0 Å². The number of carbonyl (C=O) groups is 1. The SMILES string of the molecule is CC(C)(C)OC(=O)N1C[C@H]2CN(c3ccc4c(c3)-c3ccccc3S4(=O)=O)C[C@H]21. The fourth-order valence-corrected chi connectivity index (χ4v) is 6.25. The van der Waals surface area contributed by atoms with Crippen molar-refractivity contribution in [2.24, 2.45) is 5.92 Å². The van der Waals surface area contributed by atoms with Gasteiger partial charge in [-0.3, -0.25) is 0 Å². The van der Waals surface area contributed by atoms with Crippen molar-refractivity contribution in [2.75, 3.05) is 24.5 Å². The molecular weight excluding hydrogens is 388 g/mol. The highest BCUT2D eigenvalue weighted by molar-refractivity contribution is 7.92. The Bertz CT molecular complexity index is 1120.